The zero-order chi connectivity index (χ0) is 12.8. The van der Waals surface area contributed by atoms with Crippen molar-refractivity contribution in [1.82, 2.24) is 5.32 Å². The Morgan fingerprint density at radius 3 is 2.29 bits per heavy atom. The lowest BCUT2D eigenvalue weighted by atomic mass is 9.79. The minimum Gasteiger partial charge on any atom is -0.353 e. The van der Waals surface area contributed by atoms with Crippen LogP contribution in [0.25, 0.3) is 0 Å². The molecule has 0 aliphatic heterocycles. The normalized spacial score (nSPS) is 26.9. The molecule has 1 amide bonds. The van der Waals surface area contributed by atoms with E-state index in [1.807, 2.05) is 6.92 Å². The van der Waals surface area contributed by atoms with Crippen molar-refractivity contribution < 1.29 is 4.79 Å². The van der Waals surface area contributed by atoms with Crippen molar-refractivity contribution in [1.29, 1.82) is 0 Å². The van der Waals surface area contributed by atoms with Gasteiger partial charge in [-0.2, -0.15) is 0 Å². The molecule has 0 bridgehead atoms. The lowest BCUT2D eigenvalue weighted by molar-refractivity contribution is -0.122. The van der Waals surface area contributed by atoms with Crippen LogP contribution in [-0.2, 0) is 4.79 Å². The van der Waals surface area contributed by atoms with E-state index in [9.17, 15) is 4.79 Å². The van der Waals surface area contributed by atoms with Gasteiger partial charge in [-0.05, 0) is 50.9 Å². The summed E-state index contributed by atoms with van der Waals surface area (Å²) in [5, 5.41) is 3.14. The minimum atomic E-state index is 0.123. The summed E-state index contributed by atoms with van der Waals surface area (Å²) in [6.45, 7) is 6.54. The van der Waals surface area contributed by atoms with Crippen LogP contribution in [-0.4, -0.2) is 18.0 Å². The van der Waals surface area contributed by atoms with E-state index < -0.39 is 0 Å². The maximum atomic E-state index is 11.7. The Kier molecular flexibility index (Phi) is 5.96. The van der Waals surface area contributed by atoms with Crippen molar-refractivity contribution in [2.45, 2.75) is 71.4 Å². The highest BCUT2D eigenvalue weighted by Crippen LogP contribution is 2.29. The van der Waals surface area contributed by atoms with Crippen LogP contribution < -0.4 is 11.1 Å². The third-order valence-corrected chi connectivity index (χ3v) is 3.91. The van der Waals surface area contributed by atoms with Gasteiger partial charge in [0.05, 0.1) is 0 Å². The molecule has 0 aromatic rings. The highest BCUT2D eigenvalue weighted by molar-refractivity contribution is 5.76. The predicted octanol–water partition coefficient (Wildman–Crippen LogP) is 2.44. The van der Waals surface area contributed by atoms with Crippen LogP contribution >= 0.6 is 0 Å². The smallest absolute Gasteiger partial charge is 0.220 e. The van der Waals surface area contributed by atoms with E-state index in [0.717, 1.165) is 31.1 Å². The van der Waals surface area contributed by atoms with Crippen LogP contribution in [0.3, 0.4) is 0 Å². The number of nitrogens with one attached hydrogen (secondary N) is 1. The van der Waals surface area contributed by atoms with Gasteiger partial charge in [0.15, 0.2) is 0 Å². The summed E-state index contributed by atoms with van der Waals surface area (Å²) in [6, 6.07) is 0.531. The molecule has 0 heterocycles. The summed E-state index contributed by atoms with van der Waals surface area (Å²) in [6.07, 6.45) is 6.17. The average Bonchev–Trinajstić information content (AvgIpc) is 2.27. The summed E-state index contributed by atoms with van der Waals surface area (Å²) in [7, 11) is 0. The highest BCUT2D eigenvalue weighted by atomic mass is 16.1. The second-order valence-corrected chi connectivity index (χ2v) is 5.94. The van der Waals surface area contributed by atoms with E-state index >= 15 is 0 Å². The summed E-state index contributed by atoms with van der Waals surface area (Å²) in [4.78, 5) is 11.7. The molecule has 0 spiro atoms. The van der Waals surface area contributed by atoms with E-state index in [0.29, 0.717) is 12.5 Å². The average molecular weight is 240 g/mol. The number of amides is 1. The van der Waals surface area contributed by atoms with Crippen LogP contribution in [0.1, 0.15) is 59.3 Å². The standard InChI is InChI=1S/C14H28N2O/c1-10(2)12-5-7-13(8-6-12)16-14(17)9-4-11(3)15/h10-13H,4-9,15H2,1-3H3,(H,16,17). The van der Waals surface area contributed by atoms with Crippen LogP contribution in [0.4, 0.5) is 0 Å². The molecule has 100 valence electrons. The quantitative estimate of drug-likeness (QED) is 0.775. The first-order valence-corrected chi connectivity index (χ1v) is 7.04. The van der Waals surface area contributed by atoms with E-state index in [1.54, 1.807) is 0 Å². The van der Waals surface area contributed by atoms with Crippen molar-refractivity contribution in [2.24, 2.45) is 17.6 Å². The number of nitrogens with two attached hydrogens (primary N) is 1. The molecule has 1 atom stereocenters. The first-order valence-electron chi connectivity index (χ1n) is 7.04. The molecule has 1 saturated carbocycles. The Hall–Kier alpha value is -0.570. The van der Waals surface area contributed by atoms with Crippen molar-refractivity contribution in [3.63, 3.8) is 0 Å². The van der Waals surface area contributed by atoms with E-state index in [1.165, 1.54) is 12.8 Å². The van der Waals surface area contributed by atoms with Gasteiger partial charge in [0.1, 0.15) is 0 Å². The van der Waals surface area contributed by atoms with Gasteiger partial charge >= 0.3 is 0 Å². The molecule has 3 N–H and O–H groups in total. The van der Waals surface area contributed by atoms with Gasteiger partial charge in [-0.3, -0.25) is 4.79 Å². The van der Waals surface area contributed by atoms with Gasteiger partial charge in [0.2, 0.25) is 5.91 Å². The van der Waals surface area contributed by atoms with Gasteiger partial charge in [-0.25, -0.2) is 0 Å². The molecule has 0 saturated heterocycles. The van der Waals surface area contributed by atoms with Gasteiger partial charge in [0, 0.05) is 18.5 Å². The topological polar surface area (TPSA) is 55.1 Å². The van der Waals surface area contributed by atoms with Crippen molar-refractivity contribution >= 4 is 5.91 Å². The molecule has 1 fully saturated rings. The Balaban J connectivity index is 2.19. The first kappa shape index (κ1) is 14.5. The minimum absolute atomic E-state index is 0.123. The van der Waals surface area contributed by atoms with Crippen molar-refractivity contribution in [3.8, 4) is 0 Å². The zero-order valence-corrected chi connectivity index (χ0v) is 11.5. The molecule has 1 aliphatic rings. The van der Waals surface area contributed by atoms with Gasteiger partial charge in [-0.15, -0.1) is 0 Å². The zero-order valence-electron chi connectivity index (χ0n) is 11.5. The largest absolute Gasteiger partial charge is 0.353 e. The monoisotopic (exact) mass is 240 g/mol. The molecule has 3 heteroatoms. The van der Waals surface area contributed by atoms with Crippen LogP contribution in [0, 0.1) is 11.8 Å². The van der Waals surface area contributed by atoms with Crippen molar-refractivity contribution in [2.75, 3.05) is 0 Å². The molecule has 0 aromatic carbocycles. The number of carbonyl (C=O) groups is 1. The third kappa shape index (κ3) is 5.53. The number of carbonyl (C=O) groups excluding carboxylic acids is 1. The van der Waals surface area contributed by atoms with Gasteiger partial charge in [-0.1, -0.05) is 13.8 Å². The second kappa shape index (κ2) is 7.00. The molecule has 17 heavy (non-hydrogen) atoms. The molecule has 1 aliphatic carbocycles. The van der Waals surface area contributed by atoms with Gasteiger partial charge < -0.3 is 11.1 Å². The molecule has 1 unspecified atom stereocenters. The maximum absolute atomic E-state index is 11.7. The second-order valence-electron chi connectivity index (χ2n) is 5.94. The summed E-state index contributed by atoms with van der Waals surface area (Å²) < 4.78 is 0. The molecule has 0 radical (unpaired) electrons. The number of rotatable bonds is 5. The van der Waals surface area contributed by atoms with E-state index in [4.69, 9.17) is 5.73 Å². The molecule has 1 rings (SSSR count). The SMILES string of the molecule is CC(N)CCC(=O)NC1CCC(C(C)C)CC1. The van der Waals surface area contributed by atoms with Crippen molar-refractivity contribution in [3.05, 3.63) is 0 Å². The Labute approximate surface area is 106 Å². The van der Waals surface area contributed by atoms with E-state index in [-0.39, 0.29) is 11.9 Å². The fraction of sp³-hybridized carbons (Fsp3) is 0.929. The Morgan fingerprint density at radius 1 is 1.24 bits per heavy atom. The lowest BCUT2D eigenvalue weighted by Crippen LogP contribution is -2.38. The lowest BCUT2D eigenvalue weighted by Gasteiger charge is -2.31. The summed E-state index contributed by atoms with van der Waals surface area (Å²) in [5.41, 5.74) is 5.65. The number of hydrogen-bond acceptors (Lipinski definition) is 2. The molecule has 3 nitrogen and oxygen atoms in total. The molecule has 0 aromatic heterocycles. The fourth-order valence-corrected chi connectivity index (χ4v) is 2.59. The van der Waals surface area contributed by atoms with Crippen LogP contribution in [0.5, 0.6) is 0 Å². The summed E-state index contributed by atoms with van der Waals surface area (Å²) in [5.74, 6) is 1.81. The number of hydrogen-bond donors (Lipinski definition) is 2. The van der Waals surface area contributed by atoms with E-state index in [2.05, 4.69) is 19.2 Å². The van der Waals surface area contributed by atoms with Crippen LogP contribution in [0.2, 0.25) is 0 Å². The van der Waals surface area contributed by atoms with Crippen LogP contribution in [0.15, 0.2) is 0 Å². The first-order chi connectivity index (χ1) is 7.99. The predicted molar refractivity (Wildman–Crippen MR) is 71.6 cm³/mol. The molecular formula is C14H28N2O. The molecular weight excluding hydrogens is 212 g/mol. The Morgan fingerprint density at radius 2 is 1.82 bits per heavy atom. The highest BCUT2D eigenvalue weighted by Gasteiger charge is 2.23. The van der Waals surface area contributed by atoms with Gasteiger partial charge in [0.25, 0.3) is 0 Å². The summed E-state index contributed by atoms with van der Waals surface area (Å²) >= 11 is 0. The fourth-order valence-electron chi connectivity index (χ4n) is 2.59. The Bertz CT molecular complexity index is 230. The third-order valence-electron chi connectivity index (χ3n) is 3.91. The maximum Gasteiger partial charge on any atom is 0.220 e.